The Labute approximate surface area is 125 Å². The second-order valence-electron chi connectivity index (χ2n) is 5.79. The summed E-state index contributed by atoms with van der Waals surface area (Å²) >= 11 is 1.98. The summed E-state index contributed by atoms with van der Waals surface area (Å²) in [4.78, 5) is 15.0. The van der Waals surface area contributed by atoms with Crippen molar-refractivity contribution in [1.82, 2.24) is 10.2 Å². The average Bonchev–Trinajstić information content (AvgIpc) is 3.16. The van der Waals surface area contributed by atoms with Gasteiger partial charge in [0.2, 0.25) is 5.91 Å². The second kappa shape index (κ2) is 6.19. The molecule has 3 nitrogen and oxygen atoms in total. The van der Waals surface area contributed by atoms with Gasteiger partial charge in [-0.2, -0.15) is 11.8 Å². The molecule has 0 radical (unpaired) electrons. The smallest absolute Gasteiger partial charge is 0.242 e. The monoisotopic (exact) mass is 290 g/mol. The third kappa shape index (κ3) is 3.18. The summed E-state index contributed by atoms with van der Waals surface area (Å²) in [5.41, 5.74) is 1.12. The van der Waals surface area contributed by atoms with Crippen LogP contribution in [0, 0.1) is 5.92 Å². The van der Waals surface area contributed by atoms with Crippen molar-refractivity contribution < 1.29 is 4.79 Å². The summed E-state index contributed by atoms with van der Waals surface area (Å²) < 4.78 is 0. The van der Waals surface area contributed by atoms with Crippen LogP contribution in [-0.2, 0) is 4.79 Å². The summed E-state index contributed by atoms with van der Waals surface area (Å²) in [6.07, 6.45) is 1.13. The van der Waals surface area contributed by atoms with E-state index in [1.54, 1.807) is 0 Å². The van der Waals surface area contributed by atoms with E-state index in [4.69, 9.17) is 0 Å². The van der Waals surface area contributed by atoms with E-state index in [1.807, 2.05) is 30.0 Å². The number of hydrogen-bond donors (Lipinski definition) is 1. The van der Waals surface area contributed by atoms with Gasteiger partial charge in [-0.05, 0) is 17.9 Å². The van der Waals surface area contributed by atoms with Crippen LogP contribution in [0.15, 0.2) is 30.3 Å². The Bertz CT molecular complexity index is 459. The minimum absolute atomic E-state index is 0.120. The van der Waals surface area contributed by atoms with Crippen molar-refractivity contribution in [2.24, 2.45) is 5.92 Å². The maximum absolute atomic E-state index is 12.7. The lowest BCUT2D eigenvalue weighted by atomic mass is 10.0. The molecule has 1 heterocycles. The van der Waals surface area contributed by atoms with Crippen molar-refractivity contribution >= 4 is 17.7 Å². The van der Waals surface area contributed by atoms with E-state index in [2.05, 4.69) is 29.3 Å². The molecular weight excluding hydrogens is 268 g/mol. The number of thioether (sulfide) groups is 1. The number of hydrogen-bond acceptors (Lipinski definition) is 3. The lowest BCUT2D eigenvalue weighted by Crippen LogP contribution is -2.45. The minimum Gasteiger partial charge on any atom is -0.351 e. The van der Waals surface area contributed by atoms with Crippen LogP contribution in [0.4, 0.5) is 0 Å². The molecule has 2 aliphatic rings. The Hall–Kier alpha value is -1.00. The fraction of sp³-hybridized carbons (Fsp3) is 0.562. The van der Waals surface area contributed by atoms with E-state index in [0.29, 0.717) is 12.0 Å². The van der Waals surface area contributed by atoms with Gasteiger partial charge in [0, 0.05) is 30.6 Å². The van der Waals surface area contributed by atoms with Crippen LogP contribution in [-0.4, -0.2) is 41.4 Å². The van der Waals surface area contributed by atoms with Gasteiger partial charge in [0.1, 0.15) is 6.04 Å². The molecule has 1 amide bonds. The van der Waals surface area contributed by atoms with E-state index >= 15 is 0 Å². The highest BCUT2D eigenvalue weighted by atomic mass is 32.2. The summed E-state index contributed by atoms with van der Waals surface area (Å²) in [6.45, 7) is 4.19. The molecule has 0 spiro atoms. The van der Waals surface area contributed by atoms with Crippen LogP contribution in [0.5, 0.6) is 0 Å². The van der Waals surface area contributed by atoms with Crippen LogP contribution in [0.25, 0.3) is 0 Å². The Morgan fingerprint density at radius 3 is 2.55 bits per heavy atom. The maximum Gasteiger partial charge on any atom is 0.242 e. The first-order chi connectivity index (χ1) is 9.75. The first-order valence-corrected chi connectivity index (χ1v) is 8.58. The number of benzene rings is 1. The summed E-state index contributed by atoms with van der Waals surface area (Å²) in [5.74, 6) is 3.07. The molecule has 3 unspecified atom stereocenters. The molecule has 1 saturated carbocycles. The van der Waals surface area contributed by atoms with E-state index in [9.17, 15) is 4.79 Å². The van der Waals surface area contributed by atoms with E-state index in [0.717, 1.165) is 36.6 Å². The van der Waals surface area contributed by atoms with Gasteiger partial charge in [-0.3, -0.25) is 9.69 Å². The predicted octanol–water partition coefficient (Wildman–Crippen LogP) is 2.30. The molecule has 3 atom stereocenters. The van der Waals surface area contributed by atoms with Gasteiger partial charge >= 0.3 is 0 Å². The number of nitrogens with zero attached hydrogens (tertiary/aromatic N) is 1. The van der Waals surface area contributed by atoms with Crippen molar-refractivity contribution in [2.75, 3.05) is 24.6 Å². The van der Waals surface area contributed by atoms with E-state index < -0.39 is 0 Å². The zero-order chi connectivity index (χ0) is 13.9. The van der Waals surface area contributed by atoms with Gasteiger partial charge in [-0.25, -0.2) is 0 Å². The lowest BCUT2D eigenvalue weighted by molar-refractivity contribution is -0.126. The van der Waals surface area contributed by atoms with Gasteiger partial charge in [0.25, 0.3) is 0 Å². The minimum atomic E-state index is -0.120. The molecule has 4 heteroatoms. The Morgan fingerprint density at radius 2 is 1.95 bits per heavy atom. The normalized spacial score (nSPS) is 27.9. The third-order valence-corrected chi connectivity index (χ3v) is 5.15. The third-order valence-electron chi connectivity index (χ3n) is 4.21. The van der Waals surface area contributed by atoms with Crippen molar-refractivity contribution in [3.8, 4) is 0 Å². The number of carbonyl (C=O) groups excluding carboxylic acids is 1. The molecule has 1 aromatic rings. The SMILES string of the molecule is CC1CC1NC(=O)C(c1ccccc1)N1CCSCC1. The molecule has 108 valence electrons. The fourth-order valence-corrected chi connectivity index (χ4v) is 3.72. The van der Waals surface area contributed by atoms with Gasteiger partial charge in [0.05, 0.1) is 0 Å². The molecule has 20 heavy (non-hydrogen) atoms. The zero-order valence-corrected chi connectivity index (χ0v) is 12.7. The van der Waals surface area contributed by atoms with Crippen LogP contribution in [0.1, 0.15) is 24.9 Å². The van der Waals surface area contributed by atoms with E-state index in [1.165, 1.54) is 0 Å². The Morgan fingerprint density at radius 1 is 1.30 bits per heavy atom. The summed E-state index contributed by atoms with van der Waals surface area (Å²) in [7, 11) is 0. The molecule has 1 saturated heterocycles. The van der Waals surface area contributed by atoms with E-state index in [-0.39, 0.29) is 11.9 Å². The largest absolute Gasteiger partial charge is 0.351 e. The number of rotatable bonds is 4. The van der Waals surface area contributed by atoms with Crippen molar-refractivity contribution in [3.63, 3.8) is 0 Å². The molecule has 1 aliphatic heterocycles. The van der Waals surface area contributed by atoms with Crippen LogP contribution in [0.2, 0.25) is 0 Å². The Balaban J connectivity index is 1.77. The molecule has 2 fully saturated rings. The predicted molar refractivity (Wildman–Crippen MR) is 83.8 cm³/mol. The van der Waals surface area contributed by atoms with Crippen molar-refractivity contribution in [2.45, 2.75) is 25.4 Å². The zero-order valence-electron chi connectivity index (χ0n) is 11.9. The molecule has 1 aromatic carbocycles. The van der Waals surface area contributed by atoms with Crippen LogP contribution in [0.3, 0.4) is 0 Å². The van der Waals surface area contributed by atoms with Gasteiger partial charge in [-0.1, -0.05) is 37.3 Å². The molecule has 1 aliphatic carbocycles. The number of nitrogens with one attached hydrogen (secondary N) is 1. The summed E-state index contributed by atoms with van der Waals surface area (Å²) in [5, 5.41) is 3.21. The molecule has 3 rings (SSSR count). The molecule has 1 N–H and O–H groups in total. The Kier molecular flexibility index (Phi) is 4.32. The highest BCUT2D eigenvalue weighted by molar-refractivity contribution is 7.99. The maximum atomic E-state index is 12.7. The van der Waals surface area contributed by atoms with Crippen molar-refractivity contribution in [1.29, 1.82) is 0 Å². The van der Waals surface area contributed by atoms with Crippen LogP contribution < -0.4 is 5.32 Å². The summed E-state index contributed by atoms with van der Waals surface area (Å²) in [6, 6.07) is 10.5. The second-order valence-corrected chi connectivity index (χ2v) is 7.01. The highest BCUT2D eigenvalue weighted by Crippen LogP contribution is 2.31. The molecule has 0 aromatic heterocycles. The lowest BCUT2D eigenvalue weighted by Gasteiger charge is -2.33. The topological polar surface area (TPSA) is 32.3 Å². The first-order valence-electron chi connectivity index (χ1n) is 7.43. The van der Waals surface area contributed by atoms with Crippen molar-refractivity contribution in [3.05, 3.63) is 35.9 Å². The fourth-order valence-electron chi connectivity index (χ4n) is 2.78. The standard InChI is InChI=1S/C16H22N2OS/c1-12-11-14(12)17-16(19)15(13-5-3-2-4-6-13)18-7-9-20-10-8-18/h2-6,12,14-15H,7-11H2,1H3,(H,17,19). The van der Waals surface area contributed by atoms with Gasteiger partial charge in [-0.15, -0.1) is 0 Å². The number of carbonyl (C=O) groups is 1. The van der Waals surface area contributed by atoms with Gasteiger partial charge < -0.3 is 5.32 Å². The molecule has 0 bridgehead atoms. The van der Waals surface area contributed by atoms with Crippen LogP contribution >= 0.6 is 11.8 Å². The first kappa shape index (κ1) is 14.0. The average molecular weight is 290 g/mol. The molecular formula is C16H22N2OS. The quantitative estimate of drug-likeness (QED) is 0.923. The highest BCUT2D eigenvalue weighted by Gasteiger charge is 2.37. The van der Waals surface area contributed by atoms with Gasteiger partial charge in [0.15, 0.2) is 0 Å². The number of amides is 1.